The zero-order valence-electron chi connectivity index (χ0n) is 11.3. The van der Waals surface area contributed by atoms with Gasteiger partial charge in [-0.05, 0) is 35.8 Å². The number of fused-ring (bicyclic) bond motifs is 1. The molecule has 1 aromatic rings. The van der Waals surface area contributed by atoms with Gasteiger partial charge in [-0.25, -0.2) is 0 Å². The van der Waals surface area contributed by atoms with Crippen LogP contribution in [0.5, 0.6) is 5.75 Å². The number of thioether (sulfide) groups is 1. The summed E-state index contributed by atoms with van der Waals surface area (Å²) >= 11 is 5.39. The maximum atomic E-state index is 10.5. The second-order valence-electron chi connectivity index (χ2n) is 6.52. The molecule has 1 unspecified atom stereocenters. The minimum atomic E-state index is -0.421. The van der Waals surface area contributed by atoms with Gasteiger partial charge in [0.2, 0.25) is 0 Å². The normalized spacial score (nSPS) is 32.7. The summed E-state index contributed by atoms with van der Waals surface area (Å²) in [6.45, 7) is 4.57. The maximum absolute atomic E-state index is 10.5. The van der Waals surface area contributed by atoms with Gasteiger partial charge in [-0.1, -0.05) is 29.8 Å². The van der Waals surface area contributed by atoms with Gasteiger partial charge in [0.1, 0.15) is 11.4 Å². The Hall–Kier alpha value is -0.190. The number of hydrogen-bond donors (Lipinski definition) is 1. The molecule has 1 N–H and O–H groups in total. The molecular weight excluding hydrogens is 324 g/mol. The van der Waals surface area contributed by atoms with E-state index in [4.69, 9.17) is 4.74 Å². The largest absolute Gasteiger partial charge is 0.486 e. The first-order chi connectivity index (χ1) is 8.89. The second-order valence-corrected chi connectivity index (χ2v) is 8.42. The summed E-state index contributed by atoms with van der Waals surface area (Å²) in [5.41, 5.74) is 0.982. The Morgan fingerprint density at radius 3 is 2.89 bits per heavy atom. The van der Waals surface area contributed by atoms with Gasteiger partial charge in [-0.3, -0.25) is 0 Å². The first-order valence-electron chi connectivity index (χ1n) is 6.64. The van der Waals surface area contributed by atoms with Crippen molar-refractivity contribution in [2.45, 2.75) is 38.4 Å². The lowest BCUT2D eigenvalue weighted by molar-refractivity contribution is -0.0255. The van der Waals surface area contributed by atoms with E-state index in [2.05, 4.69) is 29.8 Å². The highest BCUT2D eigenvalue weighted by atomic mass is 79.9. The van der Waals surface area contributed by atoms with Gasteiger partial charge in [0.15, 0.2) is 0 Å². The minimum absolute atomic E-state index is 0.202. The van der Waals surface area contributed by atoms with Gasteiger partial charge in [0.05, 0.1) is 6.10 Å². The molecular formula is C15H19BrO2S. The summed E-state index contributed by atoms with van der Waals surface area (Å²) < 4.78 is 7.31. The highest BCUT2D eigenvalue weighted by molar-refractivity contribution is 9.10. The van der Waals surface area contributed by atoms with Crippen LogP contribution in [0.15, 0.2) is 22.7 Å². The van der Waals surface area contributed by atoms with Gasteiger partial charge >= 0.3 is 0 Å². The monoisotopic (exact) mass is 342 g/mol. The fraction of sp³-hybridized carbons (Fsp3) is 0.600. The van der Waals surface area contributed by atoms with E-state index in [1.54, 1.807) is 0 Å². The fourth-order valence-electron chi connectivity index (χ4n) is 3.29. The van der Waals surface area contributed by atoms with Crippen LogP contribution in [-0.4, -0.2) is 22.2 Å². The molecule has 0 amide bonds. The van der Waals surface area contributed by atoms with Crippen LogP contribution in [0.4, 0.5) is 0 Å². The lowest BCUT2D eigenvalue weighted by atomic mass is 9.77. The summed E-state index contributed by atoms with van der Waals surface area (Å²) in [6.07, 6.45) is 1.29. The van der Waals surface area contributed by atoms with Crippen molar-refractivity contribution < 1.29 is 9.84 Å². The van der Waals surface area contributed by atoms with Crippen molar-refractivity contribution in [2.75, 3.05) is 11.5 Å². The lowest BCUT2D eigenvalue weighted by Crippen LogP contribution is -2.50. The Morgan fingerprint density at radius 1 is 1.37 bits per heavy atom. The van der Waals surface area contributed by atoms with E-state index < -0.39 is 6.10 Å². The van der Waals surface area contributed by atoms with Crippen molar-refractivity contribution in [3.05, 3.63) is 28.2 Å². The predicted molar refractivity (Wildman–Crippen MR) is 82.8 cm³/mol. The quantitative estimate of drug-likeness (QED) is 0.767. The topological polar surface area (TPSA) is 29.5 Å². The molecule has 0 aromatic heterocycles. The predicted octanol–water partition coefficient (Wildman–Crippen LogP) is 4.17. The van der Waals surface area contributed by atoms with Gasteiger partial charge in [0, 0.05) is 22.2 Å². The lowest BCUT2D eigenvalue weighted by Gasteiger charge is -2.48. The van der Waals surface area contributed by atoms with E-state index in [1.165, 1.54) is 5.75 Å². The molecule has 3 rings (SSSR count). The van der Waals surface area contributed by atoms with Crippen molar-refractivity contribution >= 4 is 27.7 Å². The third-order valence-corrected chi connectivity index (χ3v) is 6.09. The average Bonchev–Trinajstić information content (AvgIpc) is 2.29. The van der Waals surface area contributed by atoms with Crippen LogP contribution >= 0.6 is 27.7 Å². The number of ether oxygens (including phenoxy) is 1. The zero-order chi connectivity index (χ0) is 13.7. The van der Waals surface area contributed by atoms with Crippen LogP contribution in [0.25, 0.3) is 0 Å². The molecule has 0 radical (unpaired) electrons. The van der Waals surface area contributed by atoms with Gasteiger partial charge in [-0.15, -0.1) is 0 Å². The maximum Gasteiger partial charge on any atom is 0.126 e. The van der Waals surface area contributed by atoms with E-state index in [9.17, 15) is 5.11 Å². The molecule has 2 aliphatic rings. The van der Waals surface area contributed by atoms with E-state index in [1.807, 2.05) is 30.0 Å². The van der Waals surface area contributed by atoms with E-state index in [0.717, 1.165) is 28.0 Å². The Labute approximate surface area is 127 Å². The Bertz CT molecular complexity index is 503. The summed E-state index contributed by atoms with van der Waals surface area (Å²) in [6, 6.07) is 5.91. The summed E-state index contributed by atoms with van der Waals surface area (Å²) in [4.78, 5) is 0. The molecule has 0 aliphatic carbocycles. The van der Waals surface area contributed by atoms with Crippen LogP contribution in [0.3, 0.4) is 0 Å². The number of hydrogen-bond acceptors (Lipinski definition) is 3. The van der Waals surface area contributed by atoms with Gasteiger partial charge in [0.25, 0.3) is 0 Å². The van der Waals surface area contributed by atoms with Crippen molar-refractivity contribution in [2.24, 2.45) is 5.41 Å². The number of rotatable bonds is 0. The molecule has 2 heterocycles. The Kier molecular flexibility index (Phi) is 3.39. The second kappa shape index (κ2) is 4.68. The molecule has 1 fully saturated rings. The average molecular weight is 343 g/mol. The summed E-state index contributed by atoms with van der Waals surface area (Å²) in [5, 5.41) is 10.5. The van der Waals surface area contributed by atoms with Crippen LogP contribution in [0.2, 0.25) is 0 Å². The number of halogens is 1. The van der Waals surface area contributed by atoms with E-state index in [0.29, 0.717) is 6.42 Å². The molecule has 1 aromatic carbocycles. The van der Waals surface area contributed by atoms with Crippen LogP contribution in [0, 0.1) is 5.41 Å². The number of aliphatic hydroxyl groups excluding tert-OH is 1. The summed E-state index contributed by atoms with van der Waals surface area (Å²) in [5.74, 6) is 2.99. The molecule has 2 atom stereocenters. The van der Waals surface area contributed by atoms with Crippen LogP contribution in [-0.2, 0) is 0 Å². The molecule has 4 heteroatoms. The smallest absolute Gasteiger partial charge is 0.126 e. The van der Waals surface area contributed by atoms with Crippen molar-refractivity contribution in [1.82, 2.24) is 0 Å². The van der Waals surface area contributed by atoms with Crippen molar-refractivity contribution in [1.29, 1.82) is 0 Å². The van der Waals surface area contributed by atoms with Crippen LogP contribution < -0.4 is 4.74 Å². The van der Waals surface area contributed by atoms with Crippen molar-refractivity contribution in [3.8, 4) is 5.75 Å². The zero-order valence-corrected chi connectivity index (χ0v) is 13.7. The number of benzene rings is 1. The minimum Gasteiger partial charge on any atom is -0.486 e. The number of aliphatic hydroxyl groups is 1. The SMILES string of the molecule is CC1(C)CSCC2(C[C@@H](O)c3cc(Br)ccc3O2)C1. The van der Waals surface area contributed by atoms with Crippen LogP contribution in [0.1, 0.15) is 38.4 Å². The molecule has 0 bridgehead atoms. The van der Waals surface area contributed by atoms with Crippen molar-refractivity contribution in [3.63, 3.8) is 0 Å². The first kappa shape index (κ1) is 13.8. The standard InChI is InChI=1S/C15H19BrO2S/c1-14(2)7-15(9-19-8-14)6-12(17)11-5-10(16)3-4-13(11)18-15/h3-5,12,17H,6-9H2,1-2H3/t12-,15?/m1/s1. The highest BCUT2D eigenvalue weighted by Gasteiger charge is 2.46. The third kappa shape index (κ3) is 2.67. The Morgan fingerprint density at radius 2 is 2.16 bits per heavy atom. The van der Waals surface area contributed by atoms with E-state index >= 15 is 0 Å². The highest BCUT2D eigenvalue weighted by Crippen LogP contribution is 2.49. The molecule has 2 aliphatic heterocycles. The summed E-state index contributed by atoms with van der Waals surface area (Å²) in [7, 11) is 0. The van der Waals surface area contributed by atoms with Gasteiger partial charge in [-0.2, -0.15) is 11.8 Å². The molecule has 2 nitrogen and oxygen atoms in total. The molecule has 104 valence electrons. The molecule has 19 heavy (non-hydrogen) atoms. The molecule has 0 saturated carbocycles. The third-order valence-electron chi connectivity index (χ3n) is 3.88. The first-order valence-corrected chi connectivity index (χ1v) is 8.58. The van der Waals surface area contributed by atoms with E-state index in [-0.39, 0.29) is 11.0 Å². The Balaban J connectivity index is 1.94. The molecule has 1 spiro atoms. The fourth-order valence-corrected chi connectivity index (χ4v) is 5.08. The van der Waals surface area contributed by atoms with Gasteiger partial charge < -0.3 is 9.84 Å². The molecule has 1 saturated heterocycles.